The van der Waals surface area contributed by atoms with Gasteiger partial charge in [-0.3, -0.25) is 14.9 Å². The van der Waals surface area contributed by atoms with Crippen molar-refractivity contribution >= 4 is 29.1 Å². The summed E-state index contributed by atoms with van der Waals surface area (Å²) >= 11 is 5.76. The van der Waals surface area contributed by atoms with Crippen LogP contribution in [0.15, 0.2) is 18.3 Å². The second-order valence-corrected chi connectivity index (χ2v) is 3.52. The fraction of sp³-hybridized carbons (Fsp3) is 0.300. The van der Waals surface area contributed by atoms with Gasteiger partial charge in [0.05, 0.1) is 18.8 Å². The van der Waals surface area contributed by atoms with E-state index in [4.69, 9.17) is 11.6 Å². The van der Waals surface area contributed by atoms with Crippen LogP contribution in [0.3, 0.4) is 0 Å². The van der Waals surface area contributed by atoms with Crippen molar-refractivity contribution in [3.8, 4) is 0 Å². The molecule has 0 aliphatic rings. The fourth-order valence-electron chi connectivity index (χ4n) is 1.05. The highest BCUT2D eigenvalue weighted by molar-refractivity contribution is 6.32. The van der Waals surface area contributed by atoms with Gasteiger partial charge in [-0.25, -0.2) is 4.98 Å². The fourth-order valence-corrected chi connectivity index (χ4v) is 1.22. The monoisotopic (exact) mass is 256 g/mol. The van der Waals surface area contributed by atoms with E-state index < -0.39 is 0 Å². The van der Waals surface area contributed by atoms with Crippen LogP contribution >= 0.6 is 11.6 Å². The molecule has 17 heavy (non-hydrogen) atoms. The first-order chi connectivity index (χ1) is 8.13. The maximum atomic E-state index is 11.4. The SMILES string of the molecule is CNC(=O)CNCC(=O)Nc1cccnc1Cl. The van der Waals surface area contributed by atoms with Crippen molar-refractivity contribution in [3.63, 3.8) is 0 Å². The Labute approximate surface area is 104 Å². The molecule has 0 fully saturated rings. The molecule has 1 rings (SSSR count). The van der Waals surface area contributed by atoms with Gasteiger partial charge in [-0.2, -0.15) is 0 Å². The number of hydrogen-bond donors (Lipinski definition) is 3. The molecule has 3 N–H and O–H groups in total. The number of nitrogens with zero attached hydrogens (tertiary/aromatic N) is 1. The van der Waals surface area contributed by atoms with E-state index in [1.165, 1.54) is 13.2 Å². The predicted octanol–water partition coefficient (Wildman–Crippen LogP) is 0.00910. The van der Waals surface area contributed by atoms with E-state index in [1.54, 1.807) is 12.1 Å². The molecule has 0 radical (unpaired) electrons. The molecule has 0 aliphatic carbocycles. The average Bonchev–Trinajstić information content (AvgIpc) is 2.32. The molecule has 7 heteroatoms. The number of anilines is 1. The molecule has 92 valence electrons. The van der Waals surface area contributed by atoms with Gasteiger partial charge in [-0.05, 0) is 12.1 Å². The molecule has 1 aromatic rings. The second-order valence-electron chi connectivity index (χ2n) is 3.17. The van der Waals surface area contributed by atoms with Gasteiger partial charge in [0.15, 0.2) is 5.15 Å². The summed E-state index contributed by atoms with van der Waals surface area (Å²) in [6.07, 6.45) is 1.53. The third-order valence-corrected chi connectivity index (χ3v) is 2.18. The summed E-state index contributed by atoms with van der Waals surface area (Å²) < 4.78 is 0. The molecule has 6 nitrogen and oxygen atoms in total. The first-order valence-corrected chi connectivity index (χ1v) is 5.33. The summed E-state index contributed by atoms with van der Waals surface area (Å²) in [6.45, 7) is 0.114. The predicted molar refractivity (Wildman–Crippen MR) is 64.8 cm³/mol. The molecule has 0 saturated heterocycles. The average molecular weight is 257 g/mol. The van der Waals surface area contributed by atoms with E-state index >= 15 is 0 Å². The molecule has 0 aliphatic heterocycles. The van der Waals surface area contributed by atoms with Crippen LogP contribution < -0.4 is 16.0 Å². The van der Waals surface area contributed by atoms with Crippen LogP contribution in [0.2, 0.25) is 5.15 Å². The number of carbonyl (C=O) groups excluding carboxylic acids is 2. The van der Waals surface area contributed by atoms with Crippen molar-refractivity contribution in [2.75, 3.05) is 25.5 Å². The Hall–Kier alpha value is -1.66. The first kappa shape index (κ1) is 13.4. The van der Waals surface area contributed by atoms with E-state index in [0.717, 1.165) is 0 Å². The lowest BCUT2D eigenvalue weighted by Crippen LogP contribution is -2.36. The molecular formula is C10H13ClN4O2. The smallest absolute Gasteiger partial charge is 0.238 e. The van der Waals surface area contributed by atoms with Crippen molar-refractivity contribution in [2.24, 2.45) is 0 Å². The van der Waals surface area contributed by atoms with Crippen LogP contribution in [0.1, 0.15) is 0 Å². The highest BCUT2D eigenvalue weighted by atomic mass is 35.5. The third-order valence-electron chi connectivity index (χ3n) is 1.88. The van der Waals surface area contributed by atoms with Gasteiger partial charge in [0.25, 0.3) is 0 Å². The Morgan fingerprint density at radius 3 is 2.71 bits per heavy atom. The molecule has 2 amide bonds. The Kier molecular flexibility index (Phi) is 5.38. The Balaban J connectivity index is 2.35. The van der Waals surface area contributed by atoms with Gasteiger partial charge >= 0.3 is 0 Å². The number of carbonyl (C=O) groups is 2. The lowest BCUT2D eigenvalue weighted by Gasteiger charge is -2.06. The van der Waals surface area contributed by atoms with E-state index in [0.29, 0.717) is 5.69 Å². The maximum Gasteiger partial charge on any atom is 0.238 e. The number of amides is 2. The van der Waals surface area contributed by atoms with Crippen molar-refractivity contribution in [2.45, 2.75) is 0 Å². The van der Waals surface area contributed by atoms with Crippen molar-refractivity contribution < 1.29 is 9.59 Å². The van der Waals surface area contributed by atoms with Crippen molar-refractivity contribution in [1.82, 2.24) is 15.6 Å². The second kappa shape index (κ2) is 6.82. The highest BCUT2D eigenvalue weighted by Gasteiger charge is 2.06. The van der Waals surface area contributed by atoms with Crippen LogP contribution in [0.25, 0.3) is 0 Å². The molecule has 1 aromatic heterocycles. The number of pyridine rings is 1. The van der Waals surface area contributed by atoms with Crippen molar-refractivity contribution in [3.05, 3.63) is 23.5 Å². The molecule has 1 heterocycles. The Morgan fingerprint density at radius 2 is 2.06 bits per heavy atom. The third kappa shape index (κ3) is 4.80. The van der Waals surface area contributed by atoms with Gasteiger partial charge in [0, 0.05) is 13.2 Å². The van der Waals surface area contributed by atoms with Gasteiger partial charge in [0.1, 0.15) is 0 Å². The standard InChI is InChI=1S/C10H13ClN4O2/c1-12-8(16)5-13-6-9(17)15-7-3-2-4-14-10(7)11/h2-4,13H,5-6H2,1H3,(H,12,16)(H,15,17). The lowest BCUT2D eigenvalue weighted by molar-refractivity contribution is -0.119. The minimum atomic E-state index is -0.288. The van der Waals surface area contributed by atoms with Crippen LogP contribution in [0, 0.1) is 0 Å². The zero-order valence-corrected chi connectivity index (χ0v) is 10.0. The number of halogens is 1. The largest absolute Gasteiger partial charge is 0.358 e. The number of rotatable bonds is 5. The number of likely N-dealkylation sites (N-methyl/N-ethyl adjacent to an activating group) is 1. The summed E-state index contributed by atoms with van der Waals surface area (Å²) in [5, 5.41) is 7.92. The van der Waals surface area contributed by atoms with Gasteiger partial charge < -0.3 is 10.6 Å². The van der Waals surface area contributed by atoms with Crippen molar-refractivity contribution in [1.29, 1.82) is 0 Å². The Morgan fingerprint density at radius 1 is 1.35 bits per heavy atom. The topological polar surface area (TPSA) is 83.1 Å². The minimum absolute atomic E-state index is 0.0264. The molecule has 0 unspecified atom stereocenters. The molecule has 0 atom stereocenters. The lowest BCUT2D eigenvalue weighted by atomic mass is 10.4. The number of hydrogen-bond acceptors (Lipinski definition) is 4. The first-order valence-electron chi connectivity index (χ1n) is 4.95. The molecule has 0 bridgehead atoms. The summed E-state index contributed by atoms with van der Waals surface area (Å²) in [4.78, 5) is 26.1. The Bertz CT molecular complexity index is 411. The van der Waals surface area contributed by atoms with Crippen LogP contribution in [0.5, 0.6) is 0 Å². The van der Waals surface area contributed by atoms with Gasteiger partial charge in [-0.15, -0.1) is 0 Å². The van der Waals surface area contributed by atoms with Gasteiger partial charge in [-0.1, -0.05) is 11.6 Å². The number of nitrogens with one attached hydrogen (secondary N) is 3. The zero-order valence-electron chi connectivity index (χ0n) is 9.29. The van der Waals surface area contributed by atoms with Crippen LogP contribution in [0.4, 0.5) is 5.69 Å². The van der Waals surface area contributed by atoms with E-state index in [9.17, 15) is 9.59 Å². The maximum absolute atomic E-state index is 11.4. The summed E-state index contributed by atoms with van der Waals surface area (Å²) in [5.41, 5.74) is 0.445. The van der Waals surface area contributed by atoms with E-state index in [2.05, 4.69) is 20.9 Å². The molecule has 0 spiro atoms. The summed E-state index contributed by atoms with van der Waals surface area (Å²) in [6, 6.07) is 3.31. The normalized spacial score (nSPS) is 9.76. The molecule has 0 aromatic carbocycles. The summed E-state index contributed by atoms with van der Waals surface area (Å²) in [7, 11) is 1.53. The van der Waals surface area contributed by atoms with Crippen LogP contribution in [-0.4, -0.2) is 36.9 Å². The quantitative estimate of drug-likeness (QED) is 0.648. The highest BCUT2D eigenvalue weighted by Crippen LogP contribution is 2.16. The number of aromatic nitrogens is 1. The van der Waals surface area contributed by atoms with E-state index in [-0.39, 0.29) is 30.1 Å². The van der Waals surface area contributed by atoms with E-state index in [1.807, 2.05) is 0 Å². The minimum Gasteiger partial charge on any atom is -0.358 e. The zero-order chi connectivity index (χ0) is 12.7. The molecule has 0 saturated carbocycles. The summed E-state index contributed by atoms with van der Waals surface area (Å²) in [5.74, 6) is -0.471. The van der Waals surface area contributed by atoms with Gasteiger partial charge in [0.2, 0.25) is 11.8 Å². The van der Waals surface area contributed by atoms with Crippen LogP contribution in [-0.2, 0) is 9.59 Å². The molecular weight excluding hydrogens is 244 g/mol.